The van der Waals surface area contributed by atoms with Crippen molar-refractivity contribution in [3.05, 3.63) is 184 Å². The summed E-state index contributed by atoms with van der Waals surface area (Å²) in [6, 6.07) is 53.2. The molecular formula is C66H74BN3. The van der Waals surface area contributed by atoms with Crippen molar-refractivity contribution in [2.24, 2.45) is 0 Å². The largest absolute Gasteiger partial charge is 0.330 e. The molecule has 4 heteroatoms. The first-order chi connectivity index (χ1) is 32.8. The van der Waals surface area contributed by atoms with Crippen molar-refractivity contribution in [1.82, 2.24) is 0 Å². The zero-order valence-corrected chi connectivity index (χ0v) is 45.0. The molecule has 0 spiro atoms. The van der Waals surface area contributed by atoms with E-state index >= 15 is 0 Å². The zero-order valence-electron chi connectivity index (χ0n) is 45.0. The standard InChI is InChI=1S/C66H74BN3/c1-41-34-42(2)60-52(35-41)65(15)33-32-43-20-17-18-23-51(43)66(65,16)70(60)50-39-57-59-58(40-50)69(49-22-19-21-45(36-49)62(6,7)8)56-38-47(64(12,13)14)26-30-53(56)67(59)54-37-46(63(9,10)11)27-31-55(54)68(57)48-28-24-44(25-29-48)61(3,4)5/h17-31,34-40H,32-33H2,1-16H3. The Bertz CT molecular complexity index is 3280. The van der Waals surface area contributed by atoms with Crippen LogP contribution in [0.25, 0.3) is 0 Å². The highest BCUT2D eigenvalue weighted by Crippen LogP contribution is 2.65. The third-order valence-corrected chi connectivity index (χ3v) is 17.2. The van der Waals surface area contributed by atoms with Crippen LogP contribution >= 0.6 is 0 Å². The van der Waals surface area contributed by atoms with Gasteiger partial charge in [-0.25, -0.2) is 0 Å². The number of anilines is 8. The van der Waals surface area contributed by atoms with Gasteiger partial charge in [0.1, 0.15) is 0 Å². The van der Waals surface area contributed by atoms with Crippen molar-refractivity contribution in [2.45, 2.75) is 156 Å². The van der Waals surface area contributed by atoms with Crippen LogP contribution < -0.4 is 31.1 Å². The molecule has 0 aromatic heterocycles. The average molecular weight is 920 g/mol. The summed E-state index contributed by atoms with van der Waals surface area (Å²) in [5, 5.41) is 0. The summed E-state index contributed by atoms with van der Waals surface area (Å²) in [7, 11) is 0. The SMILES string of the molecule is Cc1cc(C)c2c(c1)C1(C)CCc3ccccc3C1(C)N2c1cc2c3c(c1)N(c1cccc(C(C)(C)C)c1)c1cc(C(C)(C)C)ccc1B3c1cc(C(C)(C)C)ccc1N2c1ccc(C(C)(C)C)cc1. The molecule has 4 aliphatic rings. The van der Waals surface area contributed by atoms with Gasteiger partial charge in [-0.1, -0.05) is 181 Å². The molecule has 11 rings (SSSR count). The third-order valence-electron chi connectivity index (χ3n) is 17.2. The molecule has 0 radical (unpaired) electrons. The summed E-state index contributed by atoms with van der Waals surface area (Å²) in [4.78, 5) is 8.10. The van der Waals surface area contributed by atoms with Crippen LogP contribution in [0.4, 0.5) is 45.5 Å². The first-order valence-corrected chi connectivity index (χ1v) is 26.1. The van der Waals surface area contributed by atoms with Crippen molar-refractivity contribution in [3.8, 4) is 0 Å². The monoisotopic (exact) mass is 920 g/mol. The Balaban J connectivity index is 1.31. The Labute approximate surface area is 421 Å². The van der Waals surface area contributed by atoms with Gasteiger partial charge < -0.3 is 14.7 Å². The lowest BCUT2D eigenvalue weighted by Gasteiger charge is -2.52. The number of fused-ring (bicyclic) bond motifs is 9. The molecule has 0 bridgehead atoms. The number of hydrogen-bond donors (Lipinski definition) is 0. The lowest BCUT2D eigenvalue weighted by molar-refractivity contribution is 0.245. The summed E-state index contributed by atoms with van der Waals surface area (Å²) in [5.41, 5.74) is 25.8. The van der Waals surface area contributed by atoms with Crippen LogP contribution in [0.15, 0.2) is 133 Å². The molecule has 0 N–H and O–H groups in total. The van der Waals surface area contributed by atoms with Crippen LogP contribution in [0, 0.1) is 13.8 Å². The van der Waals surface area contributed by atoms with Crippen LogP contribution in [0.2, 0.25) is 0 Å². The zero-order chi connectivity index (χ0) is 49.8. The molecule has 3 heterocycles. The predicted molar refractivity (Wildman–Crippen MR) is 303 cm³/mol. The van der Waals surface area contributed by atoms with E-state index in [-0.39, 0.29) is 39.3 Å². The van der Waals surface area contributed by atoms with Gasteiger partial charge >= 0.3 is 0 Å². The maximum absolute atomic E-state index is 2.81. The van der Waals surface area contributed by atoms with Crippen LogP contribution in [-0.4, -0.2) is 6.71 Å². The van der Waals surface area contributed by atoms with Gasteiger partial charge in [-0.15, -0.1) is 0 Å². The van der Waals surface area contributed by atoms with Gasteiger partial charge in [-0.3, -0.25) is 0 Å². The third kappa shape index (κ3) is 6.82. The van der Waals surface area contributed by atoms with E-state index in [0.29, 0.717) is 0 Å². The second-order valence-electron chi connectivity index (χ2n) is 26.0. The van der Waals surface area contributed by atoms with Gasteiger partial charge in [-0.2, -0.15) is 0 Å². The van der Waals surface area contributed by atoms with Crippen LogP contribution in [0.1, 0.15) is 153 Å². The maximum atomic E-state index is 2.81. The normalized spacial score (nSPS) is 19.3. The van der Waals surface area contributed by atoms with Crippen molar-refractivity contribution >= 4 is 68.6 Å². The highest BCUT2D eigenvalue weighted by molar-refractivity contribution is 7.00. The Morgan fingerprint density at radius 3 is 1.70 bits per heavy atom. The summed E-state index contributed by atoms with van der Waals surface area (Å²) in [6.07, 6.45) is 2.15. The summed E-state index contributed by atoms with van der Waals surface area (Å²) >= 11 is 0. The molecule has 0 saturated heterocycles. The van der Waals surface area contributed by atoms with E-state index in [1.165, 1.54) is 112 Å². The summed E-state index contributed by atoms with van der Waals surface area (Å²) in [6.45, 7) is 37.9. The molecule has 0 saturated carbocycles. The first-order valence-electron chi connectivity index (χ1n) is 26.1. The molecule has 1 aliphatic carbocycles. The smallest absolute Gasteiger partial charge is 0.252 e. The second-order valence-corrected chi connectivity index (χ2v) is 26.0. The number of benzene rings is 7. The number of nitrogens with zero attached hydrogens (tertiary/aromatic N) is 3. The lowest BCUT2D eigenvalue weighted by atomic mass is 9.33. The predicted octanol–water partition coefficient (Wildman–Crippen LogP) is 15.8. The van der Waals surface area contributed by atoms with Gasteiger partial charge in [0, 0.05) is 50.9 Å². The summed E-state index contributed by atoms with van der Waals surface area (Å²) < 4.78 is 0. The molecule has 356 valence electrons. The van der Waals surface area contributed by atoms with E-state index in [1.54, 1.807) is 0 Å². The van der Waals surface area contributed by atoms with Gasteiger partial charge in [-0.05, 0) is 165 Å². The van der Waals surface area contributed by atoms with E-state index in [2.05, 4.69) is 259 Å². The van der Waals surface area contributed by atoms with Crippen LogP contribution in [0.3, 0.4) is 0 Å². The quantitative estimate of drug-likeness (QED) is 0.164. The molecule has 70 heavy (non-hydrogen) atoms. The maximum Gasteiger partial charge on any atom is 0.252 e. The van der Waals surface area contributed by atoms with Gasteiger partial charge in [0.15, 0.2) is 0 Å². The Kier molecular flexibility index (Phi) is 10.1. The lowest BCUT2D eigenvalue weighted by Crippen LogP contribution is -2.61. The first kappa shape index (κ1) is 46.4. The average Bonchev–Trinajstić information content (AvgIpc) is 3.50. The van der Waals surface area contributed by atoms with E-state index in [9.17, 15) is 0 Å². The minimum atomic E-state index is -0.376. The minimum Gasteiger partial charge on any atom is -0.330 e. The van der Waals surface area contributed by atoms with E-state index < -0.39 is 0 Å². The van der Waals surface area contributed by atoms with Crippen molar-refractivity contribution in [2.75, 3.05) is 14.7 Å². The fraction of sp³-hybridized carbons (Fsp3) is 0.364. The fourth-order valence-corrected chi connectivity index (χ4v) is 13.0. The van der Waals surface area contributed by atoms with E-state index in [1.807, 2.05) is 0 Å². The topological polar surface area (TPSA) is 9.72 Å². The highest BCUT2D eigenvalue weighted by Gasteiger charge is 2.61. The number of aryl methyl sites for hydroxylation is 3. The molecule has 3 nitrogen and oxygen atoms in total. The van der Waals surface area contributed by atoms with Crippen LogP contribution in [-0.2, 0) is 39.0 Å². The van der Waals surface area contributed by atoms with Crippen molar-refractivity contribution in [1.29, 1.82) is 0 Å². The number of rotatable bonds is 3. The number of hydrogen-bond acceptors (Lipinski definition) is 3. The Hall–Kier alpha value is -6.00. The molecule has 0 amide bonds. The molecule has 2 atom stereocenters. The molecular weight excluding hydrogens is 846 g/mol. The highest BCUT2D eigenvalue weighted by atomic mass is 15.3. The minimum absolute atomic E-state index is 0.000903. The van der Waals surface area contributed by atoms with Crippen LogP contribution in [0.5, 0.6) is 0 Å². The Morgan fingerprint density at radius 2 is 1.04 bits per heavy atom. The summed E-state index contributed by atoms with van der Waals surface area (Å²) in [5.74, 6) is 0. The van der Waals surface area contributed by atoms with Crippen molar-refractivity contribution in [3.63, 3.8) is 0 Å². The molecule has 3 aliphatic heterocycles. The van der Waals surface area contributed by atoms with E-state index in [0.717, 1.165) is 12.8 Å². The Morgan fingerprint density at radius 1 is 0.457 bits per heavy atom. The van der Waals surface area contributed by atoms with E-state index in [4.69, 9.17) is 0 Å². The molecule has 2 unspecified atom stereocenters. The fourth-order valence-electron chi connectivity index (χ4n) is 13.0. The van der Waals surface area contributed by atoms with Crippen molar-refractivity contribution < 1.29 is 0 Å². The molecule has 7 aromatic carbocycles. The van der Waals surface area contributed by atoms with Gasteiger partial charge in [0.2, 0.25) is 0 Å². The molecule has 7 aromatic rings. The second kappa shape index (κ2) is 15.3. The molecule has 0 fully saturated rings. The van der Waals surface area contributed by atoms with Gasteiger partial charge in [0.25, 0.3) is 6.71 Å². The van der Waals surface area contributed by atoms with Gasteiger partial charge in [0.05, 0.1) is 5.54 Å².